The highest BCUT2D eigenvalue weighted by molar-refractivity contribution is 5.67. The summed E-state index contributed by atoms with van der Waals surface area (Å²) < 4.78 is 0. The minimum Gasteiger partial charge on any atom is -0.481 e. The second kappa shape index (κ2) is 6.95. The second-order valence-electron chi connectivity index (χ2n) is 11.1. The topological polar surface area (TPSA) is 98.0 Å². The van der Waals surface area contributed by atoms with Gasteiger partial charge in [0, 0.05) is 6.42 Å². The van der Waals surface area contributed by atoms with Gasteiger partial charge in [0.25, 0.3) is 0 Å². The normalized spacial score (nSPS) is 54.4. The predicted molar refractivity (Wildman–Crippen MR) is 105 cm³/mol. The summed E-state index contributed by atoms with van der Waals surface area (Å²) in [5, 5.41) is 42.1. The van der Waals surface area contributed by atoms with Crippen molar-refractivity contribution >= 4 is 5.97 Å². The van der Waals surface area contributed by atoms with Gasteiger partial charge in [-0.2, -0.15) is 0 Å². The van der Waals surface area contributed by atoms with Gasteiger partial charge in [0.15, 0.2) is 0 Å². The third-order valence-corrected chi connectivity index (χ3v) is 10.0. The molecule has 0 bridgehead atoms. The van der Waals surface area contributed by atoms with Gasteiger partial charge >= 0.3 is 5.97 Å². The van der Waals surface area contributed by atoms with Crippen LogP contribution in [0.25, 0.3) is 0 Å². The lowest BCUT2D eigenvalue weighted by atomic mass is 9.43. The minimum atomic E-state index is -0.767. The third-order valence-electron chi connectivity index (χ3n) is 10.0. The molecule has 4 aliphatic carbocycles. The maximum absolute atomic E-state index is 11.4. The molecule has 0 radical (unpaired) electrons. The zero-order valence-corrected chi connectivity index (χ0v) is 17.6. The largest absolute Gasteiger partial charge is 0.481 e. The molecule has 0 unspecified atom stereocenters. The Balaban J connectivity index is 1.65. The number of hydrogen-bond acceptors (Lipinski definition) is 4. The lowest BCUT2D eigenvalue weighted by Gasteiger charge is -2.63. The first-order valence-electron chi connectivity index (χ1n) is 11.3. The fourth-order valence-corrected chi connectivity index (χ4v) is 8.55. The number of hydrogen-bond donors (Lipinski definition) is 4. The van der Waals surface area contributed by atoms with Crippen molar-refractivity contribution < 1.29 is 25.2 Å². The summed E-state index contributed by atoms with van der Waals surface area (Å²) in [5.74, 6) is 0.510. The summed E-state index contributed by atoms with van der Waals surface area (Å²) in [4.78, 5) is 11.3. The van der Waals surface area contributed by atoms with Crippen molar-refractivity contribution in [3.8, 4) is 0 Å². The highest BCUT2D eigenvalue weighted by atomic mass is 16.4. The van der Waals surface area contributed by atoms with Crippen molar-refractivity contribution in [3.05, 3.63) is 0 Å². The SMILES string of the molecule is C[C@@H](CC(=O)O)[C@H]1CC[C@H]2[C@@H]3[C@H](O)C[C@H]4C[C@@H](O)CC[C@]4(C)[C@H]3C[C@@H](O)[C@]12C. The standard InChI is InChI=1S/C23H38O5/c1-12(8-20(27)28)15-4-5-16-21-17(11-19(26)23(15,16)3)22(2)7-6-14(24)9-13(22)10-18(21)25/h12-19,21,24-26H,4-11H2,1-3H3,(H,27,28)/t12-,13+,14-,15+,16-,17-,18+,19+,21-,22-,23+/m0/s1. The maximum atomic E-state index is 11.4. The molecule has 0 heterocycles. The van der Waals surface area contributed by atoms with Crippen molar-refractivity contribution in [1.29, 1.82) is 0 Å². The Morgan fingerprint density at radius 2 is 1.75 bits per heavy atom. The van der Waals surface area contributed by atoms with Crippen LogP contribution in [0.1, 0.15) is 72.1 Å². The number of carbonyl (C=O) groups is 1. The van der Waals surface area contributed by atoms with Crippen LogP contribution in [-0.2, 0) is 4.79 Å². The summed E-state index contributed by atoms with van der Waals surface area (Å²) in [5.41, 5.74) is -0.232. The zero-order chi connectivity index (χ0) is 20.4. The number of aliphatic carboxylic acids is 1. The minimum absolute atomic E-state index is 0.0348. The number of aliphatic hydroxyl groups excluding tert-OH is 3. The van der Waals surface area contributed by atoms with Crippen LogP contribution in [0.15, 0.2) is 0 Å². The first-order valence-corrected chi connectivity index (χ1v) is 11.3. The molecule has 0 saturated heterocycles. The average Bonchev–Trinajstić information content (AvgIpc) is 2.95. The van der Waals surface area contributed by atoms with E-state index in [0.29, 0.717) is 12.3 Å². The Kier molecular flexibility index (Phi) is 5.12. The van der Waals surface area contributed by atoms with Gasteiger partial charge in [-0.05, 0) is 91.3 Å². The lowest BCUT2D eigenvalue weighted by Crippen LogP contribution is -2.62. The van der Waals surface area contributed by atoms with Crippen molar-refractivity contribution in [2.24, 2.45) is 46.3 Å². The van der Waals surface area contributed by atoms with E-state index >= 15 is 0 Å². The van der Waals surface area contributed by atoms with E-state index in [1.165, 1.54) is 0 Å². The third kappa shape index (κ3) is 2.87. The van der Waals surface area contributed by atoms with E-state index in [-0.39, 0.29) is 59.0 Å². The van der Waals surface area contributed by atoms with E-state index in [1.54, 1.807) is 0 Å². The summed E-state index contributed by atoms with van der Waals surface area (Å²) in [6.45, 7) is 6.52. The molecule has 4 N–H and O–H groups in total. The van der Waals surface area contributed by atoms with Gasteiger partial charge in [-0.1, -0.05) is 20.8 Å². The first-order chi connectivity index (χ1) is 13.1. The fourth-order valence-electron chi connectivity index (χ4n) is 8.55. The number of carboxylic acid groups (broad SMARTS) is 1. The van der Waals surface area contributed by atoms with Gasteiger partial charge in [0.2, 0.25) is 0 Å². The Hall–Kier alpha value is -0.650. The Bertz CT molecular complexity index is 622. The number of fused-ring (bicyclic) bond motifs is 5. The smallest absolute Gasteiger partial charge is 0.303 e. The molecule has 4 fully saturated rings. The van der Waals surface area contributed by atoms with E-state index < -0.39 is 12.1 Å². The van der Waals surface area contributed by atoms with Gasteiger partial charge in [-0.3, -0.25) is 4.79 Å². The summed E-state index contributed by atoms with van der Waals surface area (Å²) in [6.07, 6.45) is 5.02. The van der Waals surface area contributed by atoms with Crippen molar-refractivity contribution in [1.82, 2.24) is 0 Å². The van der Waals surface area contributed by atoms with E-state index in [4.69, 9.17) is 0 Å². The van der Waals surface area contributed by atoms with Crippen LogP contribution in [-0.4, -0.2) is 44.7 Å². The van der Waals surface area contributed by atoms with Gasteiger partial charge in [-0.25, -0.2) is 0 Å². The molecule has 5 nitrogen and oxygen atoms in total. The van der Waals surface area contributed by atoms with E-state index in [9.17, 15) is 25.2 Å². The number of rotatable bonds is 3. The molecule has 28 heavy (non-hydrogen) atoms. The van der Waals surface area contributed by atoms with E-state index in [1.807, 2.05) is 6.92 Å². The molecule has 4 saturated carbocycles. The molecule has 160 valence electrons. The molecule has 0 amide bonds. The average molecular weight is 395 g/mol. The summed E-state index contributed by atoms with van der Waals surface area (Å²) in [7, 11) is 0. The molecule has 11 atom stereocenters. The molecule has 4 aliphatic rings. The molecule has 0 spiro atoms. The Morgan fingerprint density at radius 3 is 2.43 bits per heavy atom. The van der Waals surface area contributed by atoms with Crippen LogP contribution in [0.3, 0.4) is 0 Å². The Labute approximate surface area is 168 Å². The van der Waals surface area contributed by atoms with Gasteiger partial charge < -0.3 is 20.4 Å². The highest BCUT2D eigenvalue weighted by Crippen LogP contribution is 2.68. The highest BCUT2D eigenvalue weighted by Gasteiger charge is 2.65. The number of aliphatic hydroxyl groups is 3. The summed E-state index contributed by atoms with van der Waals surface area (Å²) in [6, 6.07) is 0. The monoisotopic (exact) mass is 394 g/mol. The fraction of sp³-hybridized carbons (Fsp3) is 0.957. The zero-order valence-electron chi connectivity index (χ0n) is 17.6. The van der Waals surface area contributed by atoms with Gasteiger partial charge in [-0.15, -0.1) is 0 Å². The summed E-state index contributed by atoms with van der Waals surface area (Å²) >= 11 is 0. The molecule has 0 aromatic rings. The van der Waals surface area contributed by atoms with E-state index in [0.717, 1.165) is 38.5 Å². The maximum Gasteiger partial charge on any atom is 0.303 e. The van der Waals surface area contributed by atoms with Gasteiger partial charge in [0.05, 0.1) is 18.3 Å². The van der Waals surface area contributed by atoms with Gasteiger partial charge in [0.1, 0.15) is 0 Å². The van der Waals surface area contributed by atoms with E-state index in [2.05, 4.69) is 13.8 Å². The quantitative estimate of drug-likeness (QED) is 0.590. The molecule has 4 rings (SSSR count). The number of carboxylic acids is 1. The lowest BCUT2D eigenvalue weighted by molar-refractivity contribution is -0.207. The van der Waals surface area contributed by atoms with Crippen molar-refractivity contribution in [2.45, 2.75) is 90.4 Å². The molecule has 5 heteroatoms. The van der Waals surface area contributed by atoms with Crippen LogP contribution in [0, 0.1) is 46.3 Å². The Morgan fingerprint density at radius 1 is 1.04 bits per heavy atom. The predicted octanol–water partition coefficient (Wildman–Crippen LogP) is 3.06. The van der Waals surface area contributed by atoms with Crippen LogP contribution in [0.4, 0.5) is 0 Å². The van der Waals surface area contributed by atoms with Crippen LogP contribution < -0.4 is 0 Å². The molecular weight excluding hydrogens is 356 g/mol. The second-order valence-corrected chi connectivity index (χ2v) is 11.1. The van der Waals surface area contributed by atoms with Crippen LogP contribution in [0.2, 0.25) is 0 Å². The van der Waals surface area contributed by atoms with Crippen molar-refractivity contribution in [3.63, 3.8) is 0 Å². The molecular formula is C23H38O5. The van der Waals surface area contributed by atoms with Crippen molar-refractivity contribution in [2.75, 3.05) is 0 Å². The molecule has 0 aromatic heterocycles. The van der Waals surface area contributed by atoms with Crippen LogP contribution in [0.5, 0.6) is 0 Å². The first kappa shape index (κ1) is 20.6. The molecule has 0 aliphatic heterocycles. The molecule has 0 aromatic carbocycles. The van der Waals surface area contributed by atoms with Crippen LogP contribution >= 0.6 is 0 Å².